The number of nitrogens with one attached hydrogen (secondary N) is 1. The van der Waals surface area contributed by atoms with Gasteiger partial charge >= 0.3 is 0 Å². The summed E-state index contributed by atoms with van der Waals surface area (Å²) in [7, 11) is 0. The summed E-state index contributed by atoms with van der Waals surface area (Å²) in [6, 6.07) is 5.53. The summed E-state index contributed by atoms with van der Waals surface area (Å²) in [4.78, 5) is 12.0. The van der Waals surface area contributed by atoms with Crippen LogP contribution in [-0.4, -0.2) is 20.8 Å². The van der Waals surface area contributed by atoms with Crippen molar-refractivity contribution in [3.63, 3.8) is 0 Å². The van der Waals surface area contributed by atoms with E-state index in [1.54, 1.807) is 0 Å². The molecule has 0 unspecified atom stereocenters. The molecule has 8 heteroatoms. The van der Waals surface area contributed by atoms with Gasteiger partial charge in [-0.2, -0.15) is 5.10 Å². The van der Waals surface area contributed by atoms with Crippen LogP contribution < -0.4 is 5.32 Å². The quantitative estimate of drug-likeness (QED) is 0.815. The van der Waals surface area contributed by atoms with Crippen LogP contribution in [0.4, 0.5) is 14.5 Å². The molecule has 0 bridgehead atoms. The van der Waals surface area contributed by atoms with Crippen molar-refractivity contribution in [3.8, 4) is 5.75 Å². The lowest BCUT2D eigenvalue weighted by Crippen LogP contribution is -2.21. The summed E-state index contributed by atoms with van der Waals surface area (Å²) in [6.45, 7) is -0.363. The highest BCUT2D eigenvalue weighted by molar-refractivity contribution is 6.31. The highest BCUT2D eigenvalue weighted by atomic mass is 35.5. The molecule has 0 aliphatic heterocycles. The minimum Gasteiger partial charge on any atom is -0.506 e. The predicted octanol–water partition coefficient (Wildman–Crippen LogP) is 3.70. The highest BCUT2D eigenvalue weighted by Gasteiger charge is 2.29. The van der Waals surface area contributed by atoms with Crippen LogP contribution in [0.3, 0.4) is 0 Å². The average molecular weight is 342 g/mol. The maximum absolute atomic E-state index is 13.1. The van der Waals surface area contributed by atoms with E-state index in [0.717, 1.165) is 17.5 Å². The van der Waals surface area contributed by atoms with Crippen LogP contribution in [0.15, 0.2) is 24.3 Å². The summed E-state index contributed by atoms with van der Waals surface area (Å²) in [5.74, 6) is -0.514. The monoisotopic (exact) mass is 341 g/mol. The van der Waals surface area contributed by atoms with E-state index >= 15 is 0 Å². The van der Waals surface area contributed by atoms with Gasteiger partial charge in [-0.25, -0.2) is 8.78 Å². The summed E-state index contributed by atoms with van der Waals surface area (Å²) in [5, 5.41) is 16.5. The zero-order chi connectivity index (χ0) is 16.6. The second-order valence-electron chi connectivity index (χ2n) is 5.44. The van der Waals surface area contributed by atoms with Gasteiger partial charge in [0.05, 0.1) is 11.4 Å². The van der Waals surface area contributed by atoms with Gasteiger partial charge in [0.2, 0.25) is 5.91 Å². The molecule has 2 N–H and O–H groups in total. The fourth-order valence-corrected chi connectivity index (χ4v) is 2.44. The zero-order valence-corrected chi connectivity index (χ0v) is 12.7. The topological polar surface area (TPSA) is 67.2 Å². The number of hydrogen-bond acceptors (Lipinski definition) is 3. The van der Waals surface area contributed by atoms with Gasteiger partial charge in [-0.15, -0.1) is 0 Å². The third-order valence-electron chi connectivity index (χ3n) is 3.58. The molecule has 0 atom stereocenters. The van der Waals surface area contributed by atoms with Crippen molar-refractivity contribution in [3.05, 3.63) is 40.7 Å². The van der Waals surface area contributed by atoms with Gasteiger partial charge in [-0.3, -0.25) is 9.48 Å². The Morgan fingerprint density at radius 2 is 2.17 bits per heavy atom. The SMILES string of the molecule is O=C(Cn1nc(C2CC2)cc1C(F)F)Nc1cc(Cl)ccc1O. The molecule has 23 heavy (non-hydrogen) atoms. The predicted molar refractivity (Wildman–Crippen MR) is 80.9 cm³/mol. The van der Waals surface area contributed by atoms with E-state index in [-0.39, 0.29) is 29.6 Å². The summed E-state index contributed by atoms with van der Waals surface area (Å²) < 4.78 is 27.1. The smallest absolute Gasteiger partial charge is 0.280 e. The van der Waals surface area contributed by atoms with Gasteiger partial charge in [-0.1, -0.05) is 11.6 Å². The van der Waals surface area contributed by atoms with E-state index in [2.05, 4.69) is 10.4 Å². The Morgan fingerprint density at radius 3 is 2.83 bits per heavy atom. The zero-order valence-electron chi connectivity index (χ0n) is 12.0. The lowest BCUT2D eigenvalue weighted by atomic mass is 10.2. The molecule has 1 aromatic carbocycles. The Balaban J connectivity index is 1.75. The fourth-order valence-electron chi connectivity index (χ4n) is 2.27. The average Bonchev–Trinajstić information content (AvgIpc) is 3.24. The number of carbonyl (C=O) groups excluding carboxylic acids is 1. The summed E-state index contributed by atoms with van der Waals surface area (Å²) in [5.41, 5.74) is 0.437. The molecule has 2 aromatic rings. The van der Waals surface area contributed by atoms with Crippen LogP contribution in [0.5, 0.6) is 5.75 Å². The number of alkyl halides is 2. The minimum atomic E-state index is -2.71. The van der Waals surface area contributed by atoms with Crippen LogP contribution in [-0.2, 0) is 11.3 Å². The van der Waals surface area contributed by atoms with Gasteiger partial charge in [0.1, 0.15) is 18.0 Å². The minimum absolute atomic E-state index is 0.121. The molecule has 122 valence electrons. The van der Waals surface area contributed by atoms with Crippen LogP contribution in [0.25, 0.3) is 0 Å². The second kappa shape index (κ2) is 6.16. The van der Waals surface area contributed by atoms with E-state index < -0.39 is 12.3 Å². The Labute approximate surface area is 135 Å². The molecule has 1 aliphatic carbocycles. The molecule has 1 heterocycles. The maximum Gasteiger partial charge on any atom is 0.280 e. The Morgan fingerprint density at radius 1 is 1.43 bits per heavy atom. The van der Waals surface area contributed by atoms with Crippen molar-refractivity contribution in [1.82, 2.24) is 9.78 Å². The Bertz CT molecular complexity index is 744. The van der Waals surface area contributed by atoms with E-state index in [0.29, 0.717) is 10.7 Å². The molecule has 1 aromatic heterocycles. The number of hydrogen-bond donors (Lipinski definition) is 2. The number of carbonyl (C=O) groups is 1. The molecule has 0 spiro atoms. The molecule has 1 aliphatic rings. The van der Waals surface area contributed by atoms with Crippen molar-refractivity contribution in [2.45, 2.75) is 31.7 Å². The number of nitrogens with zero attached hydrogens (tertiary/aromatic N) is 2. The van der Waals surface area contributed by atoms with Gasteiger partial charge < -0.3 is 10.4 Å². The van der Waals surface area contributed by atoms with E-state index in [9.17, 15) is 18.7 Å². The normalized spacial score (nSPS) is 14.3. The molecule has 0 radical (unpaired) electrons. The van der Waals surface area contributed by atoms with Gasteiger partial charge in [-0.05, 0) is 37.1 Å². The second-order valence-corrected chi connectivity index (χ2v) is 5.87. The first-order valence-electron chi connectivity index (χ1n) is 7.08. The van der Waals surface area contributed by atoms with Crippen molar-refractivity contribution in [1.29, 1.82) is 0 Å². The highest BCUT2D eigenvalue weighted by Crippen LogP contribution is 2.40. The Kier molecular flexibility index (Phi) is 4.21. The van der Waals surface area contributed by atoms with Crippen LogP contribution >= 0.6 is 11.6 Å². The number of halogens is 3. The van der Waals surface area contributed by atoms with Gasteiger partial charge in [0, 0.05) is 10.9 Å². The number of rotatable bonds is 5. The van der Waals surface area contributed by atoms with Crippen molar-refractivity contribution in [2.24, 2.45) is 0 Å². The third-order valence-corrected chi connectivity index (χ3v) is 3.81. The van der Waals surface area contributed by atoms with E-state index in [1.807, 2.05) is 0 Å². The summed E-state index contributed by atoms with van der Waals surface area (Å²) >= 11 is 5.79. The standard InChI is InChI=1S/C15H14ClF2N3O2/c16-9-3-4-13(22)11(5-9)19-14(23)7-21-12(15(17)18)6-10(20-21)8-1-2-8/h3-6,8,15,22H,1-2,7H2,(H,19,23). The largest absolute Gasteiger partial charge is 0.506 e. The van der Waals surface area contributed by atoms with Crippen LogP contribution in [0.1, 0.15) is 36.6 Å². The van der Waals surface area contributed by atoms with Crippen molar-refractivity contribution in [2.75, 3.05) is 5.32 Å². The van der Waals surface area contributed by atoms with Gasteiger partial charge in [0.25, 0.3) is 6.43 Å². The van der Waals surface area contributed by atoms with Gasteiger partial charge in [0.15, 0.2) is 0 Å². The number of phenolic OH excluding ortho intramolecular Hbond substituents is 1. The number of aromatic hydroxyl groups is 1. The number of amides is 1. The molecule has 1 fully saturated rings. The first kappa shape index (κ1) is 15.7. The van der Waals surface area contributed by atoms with Crippen LogP contribution in [0.2, 0.25) is 5.02 Å². The number of phenols is 1. The molecule has 1 amide bonds. The molecular formula is C15H14ClF2N3O2. The first-order valence-corrected chi connectivity index (χ1v) is 7.46. The molecule has 1 saturated carbocycles. The number of aromatic nitrogens is 2. The number of anilines is 1. The lowest BCUT2D eigenvalue weighted by molar-refractivity contribution is -0.117. The third kappa shape index (κ3) is 3.61. The lowest BCUT2D eigenvalue weighted by Gasteiger charge is -2.09. The van der Waals surface area contributed by atoms with E-state index in [4.69, 9.17) is 11.6 Å². The van der Waals surface area contributed by atoms with Crippen molar-refractivity contribution < 1.29 is 18.7 Å². The molecule has 0 saturated heterocycles. The first-order chi connectivity index (χ1) is 10.9. The van der Waals surface area contributed by atoms with Crippen LogP contribution in [0, 0.1) is 0 Å². The number of benzene rings is 1. The molecular weight excluding hydrogens is 328 g/mol. The molecule has 3 rings (SSSR count). The molecule has 5 nitrogen and oxygen atoms in total. The fraction of sp³-hybridized carbons (Fsp3) is 0.333. The van der Waals surface area contributed by atoms with Crippen molar-refractivity contribution >= 4 is 23.2 Å². The van der Waals surface area contributed by atoms with E-state index in [1.165, 1.54) is 24.3 Å². The maximum atomic E-state index is 13.1. The summed E-state index contributed by atoms with van der Waals surface area (Å²) in [6.07, 6.45) is -0.841. The Hall–Kier alpha value is -2.15.